The summed E-state index contributed by atoms with van der Waals surface area (Å²) < 4.78 is 11.0. The molecule has 0 saturated carbocycles. The van der Waals surface area contributed by atoms with Crippen LogP contribution in [0, 0.1) is 6.92 Å². The molecular weight excluding hydrogens is 188 g/mol. The summed E-state index contributed by atoms with van der Waals surface area (Å²) >= 11 is 0. The lowest BCUT2D eigenvalue weighted by Crippen LogP contribution is -1.97. The number of benzene rings is 1. The van der Waals surface area contributed by atoms with Crippen LogP contribution in [0.3, 0.4) is 0 Å². The first kappa shape index (κ1) is 10.1. The molecule has 0 saturated heterocycles. The molecule has 1 unspecified atom stereocenters. The monoisotopic (exact) mass is 204 g/mol. The Morgan fingerprint density at radius 1 is 1.40 bits per heavy atom. The molecule has 0 N–H and O–H groups in total. The van der Waals surface area contributed by atoms with Crippen LogP contribution in [0.25, 0.3) is 0 Å². The van der Waals surface area contributed by atoms with Gasteiger partial charge >= 0.3 is 0 Å². The minimum atomic E-state index is 0.334. The average Bonchev–Trinajstić information content (AvgIpc) is 2.72. The third-order valence-electron chi connectivity index (χ3n) is 2.87. The molecule has 1 atom stereocenters. The van der Waals surface area contributed by atoms with E-state index < -0.39 is 0 Å². The number of hydrogen-bond donors (Lipinski definition) is 0. The molecule has 1 aliphatic rings. The summed E-state index contributed by atoms with van der Waals surface area (Å²) in [5.74, 6) is 2.15. The minimum absolute atomic E-state index is 0.334. The predicted octanol–water partition coefficient (Wildman–Crippen LogP) is 3.40. The Morgan fingerprint density at radius 3 is 2.80 bits per heavy atom. The molecule has 2 rings (SSSR count). The Bertz CT molecular complexity index is 382. The standard InChI is InChI=1S/C13H16O2/c1-4-10(5-2)11-7-6-9(3)12-13(11)15-8-14-12/h4,6-7,10H,1,5,8H2,2-3H3. The SMILES string of the molecule is C=CC(CC)c1ccc(C)c2c1OCO2. The summed E-state index contributed by atoms with van der Waals surface area (Å²) in [4.78, 5) is 0. The van der Waals surface area contributed by atoms with Gasteiger partial charge in [0, 0.05) is 11.5 Å². The zero-order valence-corrected chi connectivity index (χ0v) is 9.25. The first-order valence-corrected chi connectivity index (χ1v) is 5.29. The van der Waals surface area contributed by atoms with Gasteiger partial charge in [0.05, 0.1) is 0 Å². The van der Waals surface area contributed by atoms with Crippen molar-refractivity contribution in [2.75, 3.05) is 6.79 Å². The van der Waals surface area contributed by atoms with Crippen molar-refractivity contribution in [1.82, 2.24) is 0 Å². The van der Waals surface area contributed by atoms with Gasteiger partial charge in [-0.1, -0.05) is 25.1 Å². The van der Waals surface area contributed by atoms with Crippen LogP contribution < -0.4 is 9.47 Å². The quantitative estimate of drug-likeness (QED) is 0.702. The highest BCUT2D eigenvalue weighted by atomic mass is 16.7. The maximum Gasteiger partial charge on any atom is 0.231 e. The van der Waals surface area contributed by atoms with Gasteiger partial charge in [-0.15, -0.1) is 6.58 Å². The van der Waals surface area contributed by atoms with Gasteiger partial charge in [-0.2, -0.15) is 0 Å². The predicted molar refractivity (Wildman–Crippen MR) is 60.5 cm³/mol. The lowest BCUT2D eigenvalue weighted by atomic mass is 9.94. The van der Waals surface area contributed by atoms with E-state index in [1.807, 2.05) is 13.0 Å². The van der Waals surface area contributed by atoms with Crippen LogP contribution in [0.5, 0.6) is 11.5 Å². The van der Waals surface area contributed by atoms with Crippen molar-refractivity contribution in [2.45, 2.75) is 26.2 Å². The van der Waals surface area contributed by atoms with E-state index >= 15 is 0 Å². The lowest BCUT2D eigenvalue weighted by Gasteiger charge is -2.13. The average molecular weight is 204 g/mol. The van der Waals surface area contributed by atoms with E-state index in [-0.39, 0.29) is 0 Å². The summed E-state index contributed by atoms with van der Waals surface area (Å²) in [7, 11) is 0. The van der Waals surface area contributed by atoms with E-state index in [1.165, 1.54) is 5.56 Å². The molecule has 0 aromatic heterocycles. The minimum Gasteiger partial charge on any atom is -0.453 e. The van der Waals surface area contributed by atoms with Crippen LogP contribution >= 0.6 is 0 Å². The molecule has 0 amide bonds. The zero-order valence-electron chi connectivity index (χ0n) is 9.25. The molecule has 1 aliphatic heterocycles. The van der Waals surface area contributed by atoms with Crippen LogP contribution in [0.2, 0.25) is 0 Å². The third kappa shape index (κ3) is 1.60. The molecule has 0 aliphatic carbocycles. The van der Waals surface area contributed by atoms with Crippen molar-refractivity contribution in [1.29, 1.82) is 0 Å². The molecule has 2 nitrogen and oxygen atoms in total. The van der Waals surface area contributed by atoms with E-state index in [2.05, 4.69) is 25.6 Å². The molecule has 80 valence electrons. The molecule has 15 heavy (non-hydrogen) atoms. The van der Waals surface area contributed by atoms with E-state index in [0.29, 0.717) is 12.7 Å². The summed E-state index contributed by atoms with van der Waals surface area (Å²) in [6.45, 7) is 8.37. The van der Waals surface area contributed by atoms with E-state index in [4.69, 9.17) is 9.47 Å². The molecule has 0 fully saturated rings. The molecule has 2 heteroatoms. The Labute approximate surface area is 90.5 Å². The molecule has 1 aromatic rings. The number of rotatable bonds is 3. The van der Waals surface area contributed by atoms with Gasteiger partial charge in [-0.05, 0) is 18.9 Å². The summed E-state index contributed by atoms with van der Waals surface area (Å²) in [6, 6.07) is 4.19. The number of fused-ring (bicyclic) bond motifs is 1. The van der Waals surface area contributed by atoms with Crippen molar-refractivity contribution in [2.24, 2.45) is 0 Å². The van der Waals surface area contributed by atoms with Gasteiger partial charge in [-0.25, -0.2) is 0 Å². The summed E-state index contributed by atoms with van der Waals surface area (Å²) in [5.41, 5.74) is 2.32. The Morgan fingerprint density at radius 2 is 2.13 bits per heavy atom. The second-order valence-corrected chi connectivity index (χ2v) is 3.79. The second-order valence-electron chi connectivity index (χ2n) is 3.79. The highest BCUT2D eigenvalue weighted by Gasteiger charge is 2.22. The fourth-order valence-electron chi connectivity index (χ4n) is 1.96. The second kappa shape index (κ2) is 3.97. The molecule has 0 radical (unpaired) electrons. The summed E-state index contributed by atoms with van der Waals surface area (Å²) in [6.07, 6.45) is 3.00. The molecular formula is C13H16O2. The fraction of sp³-hybridized carbons (Fsp3) is 0.385. The largest absolute Gasteiger partial charge is 0.453 e. The van der Waals surface area contributed by atoms with Crippen molar-refractivity contribution in [3.05, 3.63) is 35.9 Å². The van der Waals surface area contributed by atoms with Crippen LogP contribution in [0.4, 0.5) is 0 Å². The van der Waals surface area contributed by atoms with E-state index in [1.54, 1.807) is 0 Å². The Balaban J connectivity index is 2.49. The first-order valence-electron chi connectivity index (χ1n) is 5.29. The van der Waals surface area contributed by atoms with Crippen LogP contribution in [0.1, 0.15) is 30.4 Å². The number of allylic oxidation sites excluding steroid dienone is 1. The van der Waals surface area contributed by atoms with Gasteiger partial charge in [0.1, 0.15) is 0 Å². The Kier molecular flexibility index (Phi) is 2.67. The highest BCUT2D eigenvalue weighted by Crippen LogP contribution is 2.42. The molecule has 0 bridgehead atoms. The van der Waals surface area contributed by atoms with Gasteiger partial charge in [0.15, 0.2) is 11.5 Å². The fourth-order valence-corrected chi connectivity index (χ4v) is 1.96. The number of ether oxygens (including phenoxy) is 2. The van der Waals surface area contributed by atoms with E-state index in [0.717, 1.165) is 23.5 Å². The summed E-state index contributed by atoms with van der Waals surface area (Å²) in [5, 5.41) is 0. The maximum atomic E-state index is 5.53. The van der Waals surface area contributed by atoms with Gasteiger partial charge in [0.25, 0.3) is 0 Å². The van der Waals surface area contributed by atoms with Crippen molar-refractivity contribution < 1.29 is 9.47 Å². The molecule has 1 heterocycles. The Hall–Kier alpha value is -1.44. The van der Waals surface area contributed by atoms with Gasteiger partial charge in [0.2, 0.25) is 6.79 Å². The normalized spacial score (nSPS) is 15.1. The van der Waals surface area contributed by atoms with Gasteiger partial charge < -0.3 is 9.47 Å². The number of aryl methyl sites for hydroxylation is 1. The lowest BCUT2D eigenvalue weighted by molar-refractivity contribution is 0.172. The van der Waals surface area contributed by atoms with Crippen molar-refractivity contribution in [3.63, 3.8) is 0 Å². The third-order valence-corrected chi connectivity index (χ3v) is 2.87. The molecule has 1 aromatic carbocycles. The zero-order chi connectivity index (χ0) is 10.8. The van der Waals surface area contributed by atoms with Crippen molar-refractivity contribution in [3.8, 4) is 11.5 Å². The van der Waals surface area contributed by atoms with Crippen LogP contribution in [-0.2, 0) is 0 Å². The van der Waals surface area contributed by atoms with E-state index in [9.17, 15) is 0 Å². The van der Waals surface area contributed by atoms with Gasteiger partial charge in [-0.3, -0.25) is 0 Å². The highest BCUT2D eigenvalue weighted by molar-refractivity contribution is 5.54. The maximum absolute atomic E-state index is 5.53. The van der Waals surface area contributed by atoms with Crippen LogP contribution in [0.15, 0.2) is 24.8 Å². The van der Waals surface area contributed by atoms with Crippen molar-refractivity contribution >= 4 is 0 Å². The van der Waals surface area contributed by atoms with Crippen LogP contribution in [-0.4, -0.2) is 6.79 Å². The topological polar surface area (TPSA) is 18.5 Å². The smallest absolute Gasteiger partial charge is 0.231 e. The first-order chi connectivity index (χ1) is 7.27. The number of hydrogen-bond acceptors (Lipinski definition) is 2. The molecule has 0 spiro atoms.